The SMILES string of the molecule is O=C1CC2(CCC(C(=O)Nc3cccc(Cn4ccccc4=O)c3)CC2)CN1. The molecule has 2 N–H and O–H groups in total. The summed E-state index contributed by atoms with van der Waals surface area (Å²) in [5, 5.41) is 5.96. The van der Waals surface area contributed by atoms with Crippen LogP contribution in [0, 0.1) is 11.3 Å². The molecule has 1 saturated carbocycles. The van der Waals surface area contributed by atoms with Crippen molar-refractivity contribution in [3.05, 3.63) is 64.6 Å². The van der Waals surface area contributed by atoms with Crippen LogP contribution in [0.1, 0.15) is 37.7 Å². The van der Waals surface area contributed by atoms with Crippen molar-refractivity contribution >= 4 is 17.5 Å². The molecule has 6 nitrogen and oxygen atoms in total. The largest absolute Gasteiger partial charge is 0.356 e. The van der Waals surface area contributed by atoms with E-state index in [1.165, 1.54) is 6.07 Å². The number of nitrogens with one attached hydrogen (secondary N) is 2. The molecule has 4 rings (SSSR count). The molecule has 2 amide bonds. The molecule has 2 aliphatic rings. The fraction of sp³-hybridized carbons (Fsp3) is 0.409. The molecular formula is C22H25N3O3. The van der Waals surface area contributed by atoms with Crippen molar-refractivity contribution in [2.24, 2.45) is 11.3 Å². The Kier molecular flexibility index (Phi) is 5.03. The maximum absolute atomic E-state index is 12.7. The molecule has 0 unspecified atom stereocenters. The minimum Gasteiger partial charge on any atom is -0.356 e. The number of carbonyl (C=O) groups excluding carboxylic acids is 2. The summed E-state index contributed by atoms with van der Waals surface area (Å²) in [6.45, 7) is 1.22. The Morgan fingerprint density at radius 3 is 2.68 bits per heavy atom. The monoisotopic (exact) mass is 379 g/mol. The number of nitrogens with zero attached hydrogens (tertiary/aromatic N) is 1. The van der Waals surface area contributed by atoms with E-state index in [4.69, 9.17) is 0 Å². The fourth-order valence-corrected chi connectivity index (χ4v) is 4.38. The van der Waals surface area contributed by atoms with E-state index in [9.17, 15) is 14.4 Å². The van der Waals surface area contributed by atoms with Gasteiger partial charge in [0.15, 0.2) is 0 Å². The number of benzene rings is 1. The molecule has 1 aliphatic heterocycles. The Hall–Kier alpha value is -2.89. The molecule has 2 heterocycles. The number of hydrogen-bond acceptors (Lipinski definition) is 3. The Morgan fingerprint density at radius 2 is 1.96 bits per heavy atom. The normalized spacial score (nSPS) is 24.1. The van der Waals surface area contributed by atoms with E-state index >= 15 is 0 Å². The van der Waals surface area contributed by atoms with Crippen molar-refractivity contribution in [3.8, 4) is 0 Å². The lowest BCUT2D eigenvalue weighted by molar-refractivity contribution is -0.121. The second-order valence-corrected chi connectivity index (χ2v) is 8.08. The summed E-state index contributed by atoms with van der Waals surface area (Å²) >= 11 is 0. The maximum atomic E-state index is 12.7. The van der Waals surface area contributed by atoms with Crippen LogP contribution in [-0.4, -0.2) is 22.9 Å². The standard InChI is InChI=1S/C22H25N3O3/c26-19-13-22(15-23-19)9-7-17(8-10-22)21(28)24-18-5-3-4-16(12-18)14-25-11-2-1-6-20(25)27/h1-6,11-12,17H,7-10,13-15H2,(H,23,26)(H,24,28). The summed E-state index contributed by atoms with van der Waals surface area (Å²) in [6.07, 6.45) is 5.83. The number of aromatic nitrogens is 1. The first-order valence-electron chi connectivity index (χ1n) is 9.85. The number of carbonyl (C=O) groups is 2. The van der Waals surface area contributed by atoms with Gasteiger partial charge in [-0.1, -0.05) is 18.2 Å². The maximum Gasteiger partial charge on any atom is 0.250 e. The highest BCUT2D eigenvalue weighted by molar-refractivity contribution is 5.92. The quantitative estimate of drug-likeness (QED) is 0.857. The molecule has 1 saturated heterocycles. The molecule has 0 bridgehead atoms. The Labute approximate surface area is 164 Å². The molecule has 1 aromatic carbocycles. The van der Waals surface area contributed by atoms with Crippen LogP contribution in [0.15, 0.2) is 53.5 Å². The average Bonchev–Trinajstić information content (AvgIpc) is 3.04. The topological polar surface area (TPSA) is 80.2 Å². The van der Waals surface area contributed by atoms with Gasteiger partial charge in [-0.05, 0) is 54.9 Å². The third-order valence-electron chi connectivity index (χ3n) is 6.06. The fourth-order valence-electron chi connectivity index (χ4n) is 4.38. The third kappa shape index (κ3) is 4.01. The highest BCUT2D eigenvalue weighted by atomic mass is 16.2. The average molecular weight is 379 g/mol. The minimum atomic E-state index is -0.0482. The molecule has 146 valence electrons. The van der Waals surface area contributed by atoms with Crippen molar-refractivity contribution in [3.63, 3.8) is 0 Å². The number of anilines is 1. The lowest BCUT2D eigenvalue weighted by atomic mass is 9.69. The van der Waals surface area contributed by atoms with E-state index in [1.54, 1.807) is 16.8 Å². The second-order valence-electron chi connectivity index (χ2n) is 8.08. The summed E-state index contributed by atoms with van der Waals surface area (Å²) in [4.78, 5) is 36.1. The third-order valence-corrected chi connectivity index (χ3v) is 6.06. The first-order chi connectivity index (χ1) is 13.5. The number of hydrogen-bond donors (Lipinski definition) is 2. The Bertz CT molecular complexity index is 942. The van der Waals surface area contributed by atoms with Gasteiger partial charge in [-0.25, -0.2) is 0 Å². The van der Waals surface area contributed by atoms with E-state index in [-0.39, 0.29) is 28.7 Å². The van der Waals surface area contributed by atoms with Crippen LogP contribution in [0.25, 0.3) is 0 Å². The number of rotatable bonds is 4. The summed E-state index contributed by atoms with van der Waals surface area (Å²) in [5.74, 6) is 0.167. The van der Waals surface area contributed by atoms with Crippen LogP contribution in [0.3, 0.4) is 0 Å². The van der Waals surface area contributed by atoms with Crippen molar-refractivity contribution < 1.29 is 9.59 Å². The zero-order valence-corrected chi connectivity index (χ0v) is 15.8. The Balaban J connectivity index is 1.37. The first-order valence-corrected chi connectivity index (χ1v) is 9.85. The molecule has 0 atom stereocenters. The second kappa shape index (κ2) is 7.62. The van der Waals surface area contributed by atoms with Gasteiger partial charge in [-0.3, -0.25) is 14.4 Å². The lowest BCUT2D eigenvalue weighted by Crippen LogP contribution is -2.34. The zero-order valence-electron chi connectivity index (χ0n) is 15.8. The molecule has 0 radical (unpaired) electrons. The lowest BCUT2D eigenvalue weighted by Gasteiger charge is -2.35. The Morgan fingerprint density at radius 1 is 1.14 bits per heavy atom. The summed E-state index contributed by atoms with van der Waals surface area (Å²) < 4.78 is 1.64. The summed E-state index contributed by atoms with van der Waals surface area (Å²) in [5.41, 5.74) is 1.73. The van der Waals surface area contributed by atoms with Gasteiger partial charge in [-0.2, -0.15) is 0 Å². The van der Waals surface area contributed by atoms with Gasteiger partial charge in [0.25, 0.3) is 5.56 Å². The van der Waals surface area contributed by atoms with Crippen molar-refractivity contribution in [2.75, 3.05) is 11.9 Å². The molecule has 1 aromatic heterocycles. The van der Waals surface area contributed by atoms with Crippen LogP contribution < -0.4 is 16.2 Å². The number of amides is 2. The summed E-state index contributed by atoms with van der Waals surface area (Å²) in [6, 6.07) is 12.7. The van der Waals surface area contributed by atoms with Crippen LogP contribution in [0.2, 0.25) is 0 Å². The molecule has 2 aromatic rings. The molecule has 6 heteroatoms. The van der Waals surface area contributed by atoms with Crippen LogP contribution in [-0.2, 0) is 16.1 Å². The van der Waals surface area contributed by atoms with Gasteiger partial charge in [0, 0.05) is 36.8 Å². The number of pyridine rings is 1. The minimum absolute atomic E-state index is 0.0123. The highest BCUT2D eigenvalue weighted by Gasteiger charge is 2.42. The predicted molar refractivity (Wildman–Crippen MR) is 107 cm³/mol. The van der Waals surface area contributed by atoms with E-state index in [0.717, 1.165) is 43.5 Å². The van der Waals surface area contributed by atoms with Gasteiger partial charge in [0.2, 0.25) is 11.8 Å². The molecule has 1 spiro atoms. The molecular weight excluding hydrogens is 354 g/mol. The van der Waals surface area contributed by atoms with Gasteiger partial charge in [0.05, 0.1) is 6.54 Å². The van der Waals surface area contributed by atoms with Crippen LogP contribution in [0.5, 0.6) is 0 Å². The van der Waals surface area contributed by atoms with Gasteiger partial charge < -0.3 is 15.2 Å². The summed E-state index contributed by atoms with van der Waals surface area (Å²) in [7, 11) is 0. The van der Waals surface area contributed by atoms with Gasteiger partial charge >= 0.3 is 0 Å². The van der Waals surface area contributed by atoms with Crippen molar-refractivity contribution in [2.45, 2.75) is 38.6 Å². The van der Waals surface area contributed by atoms with Gasteiger partial charge in [-0.15, -0.1) is 0 Å². The van der Waals surface area contributed by atoms with E-state index < -0.39 is 0 Å². The first kappa shape index (κ1) is 18.5. The van der Waals surface area contributed by atoms with Crippen molar-refractivity contribution in [1.29, 1.82) is 0 Å². The van der Waals surface area contributed by atoms with Gasteiger partial charge in [0.1, 0.15) is 0 Å². The van der Waals surface area contributed by atoms with E-state index in [1.807, 2.05) is 30.3 Å². The molecule has 1 aliphatic carbocycles. The van der Waals surface area contributed by atoms with Crippen LogP contribution >= 0.6 is 0 Å². The van der Waals surface area contributed by atoms with Crippen molar-refractivity contribution in [1.82, 2.24) is 9.88 Å². The molecule has 28 heavy (non-hydrogen) atoms. The van der Waals surface area contributed by atoms with Crippen LogP contribution in [0.4, 0.5) is 5.69 Å². The zero-order chi connectivity index (χ0) is 19.6. The predicted octanol–water partition coefficient (Wildman–Crippen LogP) is 2.53. The molecule has 2 fully saturated rings. The smallest absolute Gasteiger partial charge is 0.250 e. The van der Waals surface area contributed by atoms with E-state index in [0.29, 0.717) is 13.0 Å². The highest BCUT2D eigenvalue weighted by Crippen LogP contribution is 2.43. The van der Waals surface area contributed by atoms with E-state index in [2.05, 4.69) is 10.6 Å².